The Morgan fingerprint density at radius 3 is 2.38 bits per heavy atom. The smallest absolute Gasteiger partial charge is 0.317 e. The number of amides is 2. The van der Waals surface area contributed by atoms with Gasteiger partial charge in [0, 0.05) is 39.3 Å². The molecule has 0 radical (unpaired) electrons. The number of hydrogen-bond donors (Lipinski definition) is 1. The summed E-state index contributed by atoms with van der Waals surface area (Å²) in [6.45, 7) is 11.0. The van der Waals surface area contributed by atoms with Crippen LogP contribution in [-0.2, 0) is 6.42 Å². The van der Waals surface area contributed by atoms with Crippen molar-refractivity contribution in [1.29, 1.82) is 0 Å². The number of urea groups is 1. The molecule has 2 aliphatic rings. The predicted molar refractivity (Wildman–Crippen MR) is 107 cm³/mol. The lowest BCUT2D eigenvalue weighted by Crippen LogP contribution is -2.47. The number of nitrogens with one attached hydrogen (secondary N) is 1. The number of hydrogen-bond acceptors (Lipinski definition) is 2. The van der Waals surface area contributed by atoms with Gasteiger partial charge in [-0.1, -0.05) is 44.2 Å². The van der Waals surface area contributed by atoms with Crippen LogP contribution >= 0.6 is 0 Å². The average molecular weight is 358 g/mol. The van der Waals surface area contributed by atoms with Crippen molar-refractivity contribution in [3.63, 3.8) is 0 Å². The minimum atomic E-state index is 0.111. The molecule has 0 aromatic heterocycles. The van der Waals surface area contributed by atoms with Gasteiger partial charge in [0.15, 0.2) is 0 Å². The number of piperidine rings is 2. The SMILES string of the molecule is C[C@@H]1C[C@@H](C)CN(CC2CCN(C(=O)NCCc3ccccc3)CC2)C1. The molecule has 0 bridgehead atoms. The standard InChI is InChI=1S/C22H35N3O/c1-18-14-19(2)16-24(15-18)17-21-9-12-25(13-10-21)22(26)23-11-8-20-6-4-3-5-7-20/h3-7,18-19,21H,8-17H2,1-2H3,(H,23,26)/t18-,19-/m1/s1. The molecule has 26 heavy (non-hydrogen) atoms. The molecule has 0 spiro atoms. The van der Waals surface area contributed by atoms with Crippen molar-refractivity contribution in [2.24, 2.45) is 17.8 Å². The van der Waals surface area contributed by atoms with Crippen LogP contribution < -0.4 is 5.32 Å². The third-order valence-corrected chi connectivity index (χ3v) is 5.90. The molecule has 4 nitrogen and oxygen atoms in total. The highest BCUT2D eigenvalue weighted by atomic mass is 16.2. The molecule has 2 atom stereocenters. The zero-order chi connectivity index (χ0) is 18.4. The number of carbonyl (C=O) groups excluding carboxylic acids is 1. The maximum Gasteiger partial charge on any atom is 0.317 e. The minimum absolute atomic E-state index is 0.111. The van der Waals surface area contributed by atoms with Crippen LogP contribution in [0.1, 0.15) is 38.7 Å². The summed E-state index contributed by atoms with van der Waals surface area (Å²) in [5, 5.41) is 3.09. The van der Waals surface area contributed by atoms with Crippen LogP contribution in [-0.4, -0.2) is 55.1 Å². The quantitative estimate of drug-likeness (QED) is 0.873. The molecule has 2 heterocycles. The summed E-state index contributed by atoms with van der Waals surface area (Å²) in [7, 11) is 0. The fourth-order valence-electron chi connectivity index (χ4n) is 4.70. The molecule has 144 valence electrons. The summed E-state index contributed by atoms with van der Waals surface area (Å²) in [5.74, 6) is 2.41. The second-order valence-corrected chi connectivity index (χ2v) is 8.56. The molecule has 1 N–H and O–H groups in total. The first-order valence-electron chi connectivity index (χ1n) is 10.4. The van der Waals surface area contributed by atoms with Gasteiger partial charge in [0.05, 0.1) is 0 Å². The van der Waals surface area contributed by atoms with Gasteiger partial charge in [-0.05, 0) is 49.0 Å². The van der Waals surface area contributed by atoms with Crippen molar-refractivity contribution in [2.45, 2.75) is 39.5 Å². The van der Waals surface area contributed by atoms with E-state index in [2.05, 4.69) is 36.2 Å². The highest BCUT2D eigenvalue weighted by Gasteiger charge is 2.27. The zero-order valence-corrected chi connectivity index (χ0v) is 16.5. The summed E-state index contributed by atoms with van der Waals surface area (Å²) >= 11 is 0. The monoisotopic (exact) mass is 357 g/mol. The van der Waals surface area contributed by atoms with E-state index in [0.717, 1.165) is 50.1 Å². The van der Waals surface area contributed by atoms with Crippen LogP contribution in [0, 0.1) is 17.8 Å². The van der Waals surface area contributed by atoms with E-state index in [9.17, 15) is 4.79 Å². The summed E-state index contributed by atoms with van der Waals surface area (Å²) in [4.78, 5) is 17.0. The topological polar surface area (TPSA) is 35.6 Å². The van der Waals surface area contributed by atoms with Crippen LogP contribution in [0.15, 0.2) is 30.3 Å². The largest absolute Gasteiger partial charge is 0.338 e. The van der Waals surface area contributed by atoms with E-state index in [1.54, 1.807) is 0 Å². The van der Waals surface area contributed by atoms with E-state index in [0.29, 0.717) is 6.54 Å². The lowest BCUT2D eigenvalue weighted by atomic mass is 9.89. The molecule has 2 saturated heterocycles. The van der Waals surface area contributed by atoms with Gasteiger partial charge in [-0.3, -0.25) is 0 Å². The third-order valence-electron chi connectivity index (χ3n) is 5.90. The molecular formula is C22H35N3O. The summed E-state index contributed by atoms with van der Waals surface area (Å²) in [5.41, 5.74) is 1.27. The Morgan fingerprint density at radius 2 is 1.73 bits per heavy atom. The molecule has 2 fully saturated rings. The van der Waals surface area contributed by atoms with Gasteiger partial charge < -0.3 is 15.1 Å². The molecule has 3 rings (SSSR count). The minimum Gasteiger partial charge on any atom is -0.338 e. The molecule has 2 amide bonds. The van der Waals surface area contributed by atoms with E-state index in [1.807, 2.05) is 23.1 Å². The van der Waals surface area contributed by atoms with E-state index >= 15 is 0 Å². The van der Waals surface area contributed by atoms with E-state index in [4.69, 9.17) is 0 Å². The number of likely N-dealkylation sites (tertiary alicyclic amines) is 2. The van der Waals surface area contributed by atoms with E-state index in [-0.39, 0.29) is 6.03 Å². The fraction of sp³-hybridized carbons (Fsp3) is 0.682. The van der Waals surface area contributed by atoms with Gasteiger partial charge in [0.25, 0.3) is 0 Å². The first kappa shape index (κ1) is 19.2. The van der Waals surface area contributed by atoms with Crippen LogP contribution in [0.25, 0.3) is 0 Å². The molecular weight excluding hydrogens is 322 g/mol. The lowest BCUT2D eigenvalue weighted by Gasteiger charge is -2.39. The Kier molecular flexibility index (Phi) is 6.95. The average Bonchev–Trinajstić information content (AvgIpc) is 2.62. The van der Waals surface area contributed by atoms with Crippen LogP contribution in [0.4, 0.5) is 4.79 Å². The molecule has 0 unspecified atom stereocenters. The second-order valence-electron chi connectivity index (χ2n) is 8.56. The summed E-state index contributed by atoms with van der Waals surface area (Å²) < 4.78 is 0. The number of nitrogens with zero attached hydrogens (tertiary/aromatic N) is 2. The van der Waals surface area contributed by atoms with Gasteiger partial charge in [0.2, 0.25) is 0 Å². The van der Waals surface area contributed by atoms with E-state index in [1.165, 1.54) is 31.6 Å². The number of benzene rings is 1. The highest BCUT2D eigenvalue weighted by molar-refractivity contribution is 5.74. The second kappa shape index (κ2) is 9.40. The first-order valence-corrected chi connectivity index (χ1v) is 10.4. The molecule has 2 aliphatic heterocycles. The van der Waals surface area contributed by atoms with Gasteiger partial charge >= 0.3 is 6.03 Å². The molecule has 1 aromatic carbocycles. The Balaban J connectivity index is 1.34. The van der Waals surface area contributed by atoms with Gasteiger partial charge in [-0.2, -0.15) is 0 Å². The van der Waals surface area contributed by atoms with Crippen LogP contribution in [0.5, 0.6) is 0 Å². The first-order chi connectivity index (χ1) is 12.6. The lowest BCUT2D eigenvalue weighted by molar-refractivity contribution is 0.0996. The van der Waals surface area contributed by atoms with Crippen molar-refractivity contribution >= 4 is 6.03 Å². The highest BCUT2D eigenvalue weighted by Crippen LogP contribution is 2.24. The van der Waals surface area contributed by atoms with Gasteiger partial charge in [-0.25, -0.2) is 4.79 Å². The normalized spacial score (nSPS) is 25.2. The van der Waals surface area contributed by atoms with Crippen LogP contribution in [0.2, 0.25) is 0 Å². The Hall–Kier alpha value is -1.55. The Bertz CT molecular complexity index is 544. The number of rotatable bonds is 5. The van der Waals surface area contributed by atoms with Gasteiger partial charge in [-0.15, -0.1) is 0 Å². The maximum absolute atomic E-state index is 12.4. The fourth-order valence-corrected chi connectivity index (χ4v) is 4.70. The predicted octanol–water partition coefficient (Wildman–Crippen LogP) is 3.63. The molecule has 0 saturated carbocycles. The van der Waals surface area contributed by atoms with Crippen LogP contribution in [0.3, 0.4) is 0 Å². The van der Waals surface area contributed by atoms with Crippen molar-refractivity contribution in [2.75, 3.05) is 39.3 Å². The van der Waals surface area contributed by atoms with Gasteiger partial charge in [0.1, 0.15) is 0 Å². The number of carbonyl (C=O) groups is 1. The summed E-state index contributed by atoms with van der Waals surface area (Å²) in [6, 6.07) is 10.5. The third kappa shape index (κ3) is 5.73. The summed E-state index contributed by atoms with van der Waals surface area (Å²) in [6.07, 6.45) is 4.56. The van der Waals surface area contributed by atoms with Crippen molar-refractivity contribution < 1.29 is 4.79 Å². The zero-order valence-electron chi connectivity index (χ0n) is 16.5. The maximum atomic E-state index is 12.4. The molecule has 4 heteroatoms. The Morgan fingerprint density at radius 1 is 1.08 bits per heavy atom. The van der Waals surface area contributed by atoms with Crippen molar-refractivity contribution in [1.82, 2.24) is 15.1 Å². The Labute approximate surface area is 158 Å². The molecule has 0 aliphatic carbocycles. The van der Waals surface area contributed by atoms with E-state index < -0.39 is 0 Å². The molecule has 1 aromatic rings. The van der Waals surface area contributed by atoms with Crippen molar-refractivity contribution in [3.05, 3.63) is 35.9 Å². The van der Waals surface area contributed by atoms with Crippen molar-refractivity contribution in [3.8, 4) is 0 Å².